The van der Waals surface area contributed by atoms with Crippen LogP contribution in [-0.4, -0.2) is 75.3 Å². The number of anilines is 1. The number of carbonyl (C=O) groups is 1. The van der Waals surface area contributed by atoms with Gasteiger partial charge in [-0.05, 0) is 50.9 Å². The van der Waals surface area contributed by atoms with Crippen LogP contribution in [0.2, 0.25) is 0 Å². The predicted octanol–water partition coefficient (Wildman–Crippen LogP) is 2.31. The molecule has 3 rings (SSSR count). The largest absolute Gasteiger partial charge is 0.491 e. The molecule has 1 N–H and O–H groups in total. The van der Waals surface area contributed by atoms with Gasteiger partial charge in [0.1, 0.15) is 5.75 Å². The first-order valence-electron chi connectivity index (χ1n) is 9.74. The Hall–Kier alpha value is -1.79. The van der Waals surface area contributed by atoms with E-state index in [0.717, 1.165) is 57.3 Å². The molecule has 2 fully saturated rings. The van der Waals surface area contributed by atoms with Gasteiger partial charge in [0, 0.05) is 39.3 Å². The number of piperazine rings is 1. The monoisotopic (exact) mass is 361 g/mol. The van der Waals surface area contributed by atoms with E-state index in [1.54, 1.807) is 12.1 Å². The van der Waals surface area contributed by atoms with Gasteiger partial charge in [-0.25, -0.2) is 4.79 Å². The van der Waals surface area contributed by atoms with Crippen molar-refractivity contribution in [2.75, 3.05) is 64.8 Å². The maximum Gasteiger partial charge on any atom is 0.338 e. The molecule has 1 aliphatic carbocycles. The lowest BCUT2D eigenvalue weighted by Crippen LogP contribution is -2.45. The molecule has 0 spiro atoms. The molecule has 144 valence electrons. The Kier molecular flexibility index (Phi) is 6.74. The van der Waals surface area contributed by atoms with Gasteiger partial charge in [-0.1, -0.05) is 0 Å². The van der Waals surface area contributed by atoms with Crippen LogP contribution < -0.4 is 10.1 Å². The first-order valence-corrected chi connectivity index (χ1v) is 9.74. The highest BCUT2D eigenvalue weighted by molar-refractivity contribution is 5.90. The molecule has 26 heavy (non-hydrogen) atoms. The molecule has 2 aliphatic rings. The smallest absolute Gasteiger partial charge is 0.338 e. The molecule has 6 heteroatoms. The minimum Gasteiger partial charge on any atom is -0.491 e. The lowest BCUT2D eigenvalue weighted by Gasteiger charge is -2.32. The fourth-order valence-corrected chi connectivity index (χ4v) is 3.04. The van der Waals surface area contributed by atoms with Crippen LogP contribution in [0.25, 0.3) is 0 Å². The number of esters is 1. The number of likely N-dealkylation sites (N-methyl/N-ethyl adjacent to an activating group) is 1. The molecule has 1 saturated carbocycles. The molecular formula is C20H31N3O3. The average Bonchev–Trinajstić information content (AvgIpc) is 3.47. The standard InChI is InChI=1S/C20H31N3O3/c1-3-25-20(24)17-6-7-18(19(14-17)26-15-16-4-5-16)21-8-9-23-12-10-22(2)11-13-23/h6-7,14,16,21H,3-5,8-13,15H2,1-2H3. The third-order valence-corrected chi connectivity index (χ3v) is 5.00. The maximum absolute atomic E-state index is 12.0. The van der Waals surface area contributed by atoms with Crippen molar-refractivity contribution in [1.29, 1.82) is 0 Å². The van der Waals surface area contributed by atoms with E-state index in [9.17, 15) is 4.79 Å². The Labute approximate surface area is 156 Å². The van der Waals surface area contributed by atoms with Gasteiger partial charge < -0.3 is 19.7 Å². The zero-order valence-corrected chi connectivity index (χ0v) is 16.0. The van der Waals surface area contributed by atoms with Crippen LogP contribution in [-0.2, 0) is 4.74 Å². The van der Waals surface area contributed by atoms with Crippen molar-refractivity contribution in [2.45, 2.75) is 19.8 Å². The molecule has 1 aromatic carbocycles. The highest BCUT2D eigenvalue weighted by Gasteiger charge is 2.23. The van der Waals surface area contributed by atoms with Crippen LogP contribution in [0.5, 0.6) is 5.75 Å². The molecule has 1 saturated heterocycles. The third-order valence-electron chi connectivity index (χ3n) is 5.00. The summed E-state index contributed by atoms with van der Waals surface area (Å²) in [5, 5.41) is 3.48. The second-order valence-electron chi connectivity index (χ2n) is 7.26. The van der Waals surface area contributed by atoms with Gasteiger partial charge in [0.2, 0.25) is 0 Å². The molecule has 0 bridgehead atoms. The highest BCUT2D eigenvalue weighted by Crippen LogP contribution is 2.32. The Morgan fingerprint density at radius 2 is 2.00 bits per heavy atom. The normalized spacial score (nSPS) is 18.5. The van der Waals surface area contributed by atoms with E-state index in [-0.39, 0.29) is 5.97 Å². The lowest BCUT2D eigenvalue weighted by molar-refractivity contribution is 0.0526. The highest BCUT2D eigenvalue weighted by atomic mass is 16.5. The zero-order valence-electron chi connectivity index (χ0n) is 16.0. The molecule has 1 aliphatic heterocycles. The SMILES string of the molecule is CCOC(=O)c1ccc(NCCN2CCN(C)CC2)c(OCC2CC2)c1. The summed E-state index contributed by atoms with van der Waals surface area (Å²) in [4.78, 5) is 16.8. The first kappa shape index (κ1) is 19.0. The van der Waals surface area contributed by atoms with Crippen molar-refractivity contribution in [2.24, 2.45) is 5.92 Å². The molecule has 0 radical (unpaired) electrons. The van der Waals surface area contributed by atoms with Crippen LogP contribution >= 0.6 is 0 Å². The average molecular weight is 361 g/mol. The van der Waals surface area contributed by atoms with Gasteiger partial charge in [-0.2, -0.15) is 0 Å². The molecule has 6 nitrogen and oxygen atoms in total. The van der Waals surface area contributed by atoms with Crippen LogP contribution in [0.4, 0.5) is 5.69 Å². The van der Waals surface area contributed by atoms with Crippen molar-refractivity contribution in [3.05, 3.63) is 23.8 Å². The van der Waals surface area contributed by atoms with Crippen molar-refractivity contribution >= 4 is 11.7 Å². The zero-order chi connectivity index (χ0) is 18.4. The summed E-state index contributed by atoms with van der Waals surface area (Å²) in [7, 11) is 2.17. The maximum atomic E-state index is 12.0. The minimum atomic E-state index is -0.298. The number of hydrogen-bond acceptors (Lipinski definition) is 6. The summed E-state index contributed by atoms with van der Waals surface area (Å²) >= 11 is 0. The van der Waals surface area contributed by atoms with Crippen LogP contribution in [0.1, 0.15) is 30.1 Å². The fraction of sp³-hybridized carbons (Fsp3) is 0.650. The van der Waals surface area contributed by atoms with Gasteiger partial charge in [-0.15, -0.1) is 0 Å². The Morgan fingerprint density at radius 1 is 1.23 bits per heavy atom. The lowest BCUT2D eigenvalue weighted by atomic mass is 10.2. The second-order valence-corrected chi connectivity index (χ2v) is 7.26. The van der Waals surface area contributed by atoms with Gasteiger partial charge in [0.25, 0.3) is 0 Å². The molecule has 1 aromatic rings. The third kappa shape index (κ3) is 5.61. The predicted molar refractivity (Wildman–Crippen MR) is 103 cm³/mol. The van der Waals surface area contributed by atoms with Crippen molar-refractivity contribution in [1.82, 2.24) is 9.80 Å². The van der Waals surface area contributed by atoms with E-state index in [0.29, 0.717) is 18.1 Å². The van der Waals surface area contributed by atoms with Gasteiger partial charge >= 0.3 is 5.97 Å². The quantitative estimate of drug-likeness (QED) is 0.681. The van der Waals surface area contributed by atoms with E-state index < -0.39 is 0 Å². The van der Waals surface area contributed by atoms with Crippen LogP contribution in [0.15, 0.2) is 18.2 Å². The number of carbonyl (C=O) groups excluding carboxylic acids is 1. The van der Waals surface area contributed by atoms with Gasteiger partial charge in [0.15, 0.2) is 0 Å². The Balaban J connectivity index is 1.57. The van der Waals surface area contributed by atoms with Crippen LogP contribution in [0.3, 0.4) is 0 Å². The number of nitrogens with zero attached hydrogens (tertiary/aromatic N) is 2. The van der Waals surface area contributed by atoms with E-state index in [4.69, 9.17) is 9.47 Å². The van der Waals surface area contributed by atoms with Crippen molar-refractivity contribution in [3.8, 4) is 5.75 Å². The number of nitrogens with one attached hydrogen (secondary N) is 1. The summed E-state index contributed by atoms with van der Waals surface area (Å²) in [6, 6.07) is 5.54. The molecule has 0 unspecified atom stereocenters. The second kappa shape index (κ2) is 9.24. The van der Waals surface area contributed by atoms with Crippen LogP contribution in [0, 0.1) is 5.92 Å². The van der Waals surface area contributed by atoms with Crippen molar-refractivity contribution < 1.29 is 14.3 Å². The summed E-state index contributed by atoms with van der Waals surface area (Å²) in [6.45, 7) is 9.28. The Morgan fingerprint density at radius 3 is 2.69 bits per heavy atom. The van der Waals surface area contributed by atoms with E-state index in [1.165, 1.54) is 12.8 Å². The molecule has 1 heterocycles. The van der Waals surface area contributed by atoms with Gasteiger partial charge in [-0.3, -0.25) is 4.90 Å². The summed E-state index contributed by atoms with van der Waals surface area (Å²) < 4.78 is 11.1. The minimum absolute atomic E-state index is 0.298. The summed E-state index contributed by atoms with van der Waals surface area (Å²) in [5.41, 5.74) is 1.50. The van der Waals surface area contributed by atoms with Gasteiger partial charge in [0.05, 0.1) is 24.5 Å². The fourth-order valence-electron chi connectivity index (χ4n) is 3.04. The van der Waals surface area contributed by atoms with E-state index in [1.807, 2.05) is 13.0 Å². The van der Waals surface area contributed by atoms with E-state index in [2.05, 4.69) is 22.2 Å². The topological polar surface area (TPSA) is 54.0 Å². The summed E-state index contributed by atoms with van der Waals surface area (Å²) in [6.07, 6.45) is 2.48. The first-order chi connectivity index (χ1) is 12.7. The molecule has 0 amide bonds. The number of hydrogen-bond donors (Lipinski definition) is 1. The van der Waals surface area contributed by atoms with Crippen molar-refractivity contribution in [3.63, 3.8) is 0 Å². The molecular weight excluding hydrogens is 330 g/mol. The summed E-state index contributed by atoms with van der Waals surface area (Å²) in [5.74, 6) is 1.12. The Bertz CT molecular complexity index is 596. The molecule has 0 aromatic heterocycles. The van der Waals surface area contributed by atoms with E-state index >= 15 is 0 Å². The number of ether oxygens (including phenoxy) is 2. The number of benzene rings is 1. The molecule has 0 atom stereocenters. The number of rotatable bonds is 9.